The van der Waals surface area contributed by atoms with E-state index in [0.717, 1.165) is 23.8 Å². The van der Waals surface area contributed by atoms with Crippen LogP contribution in [0.4, 0.5) is 0 Å². The Bertz CT molecular complexity index is 728. The van der Waals surface area contributed by atoms with Crippen molar-refractivity contribution in [2.45, 2.75) is 25.8 Å². The fourth-order valence-corrected chi connectivity index (χ4v) is 2.55. The van der Waals surface area contributed by atoms with Crippen LogP contribution >= 0.6 is 0 Å². The largest absolute Gasteiger partial charge is 0.451 e. The molecule has 0 aliphatic carbocycles. The standard InChI is InChI=1S/C19H19NO2/c1-2-16(12-14-8-4-3-5-9-14)20-19(21)18-13-15-10-6-7-11-17(15)22-18/h3-11,13,16H,2,12H2,1H3,(H,20,21)/t16-/m0/s1. The molecular weight excluding hydrogens is 274 g/mol. The normalized spacial score (nSPS) is 12.2. The van der Waals surface area contributed by atoms with Gasteiger partial charge in [-0.2, -0.15) is 0 Å². The number of nitrogens with one attached hydrogen (secondary N) is 1. The van der Waals surface area contributed by atoms with E-state index in [2.05, 4.69) is 24.4 Å². The summed E-state index contributed by atoms with van der Waals surface area (Å²) >= 11 is 0. The molecule has 1 amide bonds. The smallest absolute Gasteiger partial charge is 0.287 e. The van der Waals surface area contributed by atoms with Gasteiger partial charge >= 0.3 is 0 Å². The number of rotatable bonds is 5. The summed E-state index contributed by atoms with van der Waals surface area (Å²) in [5.41, 5.74) is 1.96. The van der Waals surface area contributed by atoms with Crippen LogP contribution in [0.5, 0.6) is 0 Å². The number of amides is 1. The van der Waals surface area contributed by atoms with Gasteiger partial charge in [0, 0.05) is 11.4 Å². The summed E-state index contributed by atoms with van der Waals surface area (Å²) in [6.45, 7) is 2.08. The average Bonchev–Trinajstić information content (AvgIpc) is 2.99. The Hall–Kier alpha value is -2.55. The predicted molar refractivity (Wildman–Crippen MR) is 87.9 cm³/mol. The van der Waals surface area contributed by atoms with Crippen LogP contribution in [0.2, 0.25) is 0 Å². The number of hydrogen-bond donors (Lipinski definition) is 1. The van der Waals surface area contributed by atoms with Crippen LogP contribution in [0.15, 0.2) is 65.1 Å². The van der Waals surface area contributed by atoms with Crippen molar-refractivity contribution in [3.63, 3.8) is 0 Å². The monoisotopic (exact) mass is 293 g/mol. The van der Waals surface area contributed by atoms with Crippen molar-refractivity contribution in [2.75, 3.05) is 0 Å². The highest BCUT2D eigenvalue weighted by atomic mass is 16.3. The maximum absolute atomic E-state index is 12.4. The van der Waals surface area contributed by atoms with Crippen molar-refractivity contribution in [1.82, 2.24) is 5.32 Å². The van der Waals surface area contributed by atoms with E-state index in [1.165, 1.54) is 5.56 Å². The maximum Gasteiger partial charge on any atom is 0.287 e. The molecule has 1 atom stereocenters. The van der Waals surface area contributed by atoms with Crippen molar-refractivity contribution in [3.05, 3.63) is 72.0 Å². The van der Waals surface area contributed by atoms with Gasteiger partial charge in [-0.1, -0.05) is 55.5 Å². The van der Waals surface area contributed by atoms with Gasteiger partial charge in [-0.25, -0.2) is 0 Å². The molecule has 3 rings (SSSR count). The second-order valence-electron chi connectivity index (χ2n) is 5.42. The molecule has 0 bridgehead atoms. The molecule has 0 saturated heterocycles. The van der Waals surface area contributed by atoms with Crippen molar-refractivity contribution >= 4 is 16.9 Å². The highest BCUT2D eigenvalue weighted by Crippen LogP contribution is 2.19. The second-order valence-corrected chi connectivity index (χ2v) is 5.42. The molecule has 22 heavy (non-hydrogen) atoms. The molecule has 1 aromatic heterocycles. The Kier molecular flexibility index (Phi) is 4.24. The van der Waals surface area contributed by atoms with Gasteiger partial charge in [-0.15, -0.1) is 0 Å². The highest BCUT2D eigenvalue weighted by Gasteiger charge is 2.16. The van der Waals surface area contributed by atoms with Gasteiger partial charge in [0.25, 0.3) is 5.91 Å². The van der Waals surface area contributed by atoms with Crippen molar-refractivity contribution < 1.29 is 9.21 Å². The zero-order valence-corrected chi connectivity index (χ0v) is 12.6. The lowest BCUT2D eigenvalue weighted by Crippen LogP contribution is -2.35. The number of furan rings is 1. The van der Waals surface area contributed by atoms with Crippen LogP contribution in [-0.2, 0) is 6.42 Å². The van der Waals surface area contributed by atoms with E-state index < -0.39 is 0 Å². The summed E-state index contributed by atoms with van der Waals surface area (Å²) in [7, 11) is 0. The first kappa shape index (κ1) is 14.4. The van der Waals surface area contributed by atoms with Crippen LogP contribution in [0.3, 0.4) is 0 Å². The Morgan fingerprint density at radius 3 is 2.55 bits per heavy atom. The van der Waals surface area contributed by atoms with E-state index in [4.69, 9.17) is 4.42 Å². The minimum atomic E-state index is -0.154. The molecular formula is C19H19NO2. The van der Waals surface area contributed by atoms with E-state index in [-0.39, 0.29) is 11.9 Å². The summed E-state index contributed by atoms with van der Waals surface area (Å²) in [5, 5.41) is 4.01. The summed E-state index contributed by atoms with van der Waals surface area (Å²) in [4.78, 5) is 12.4. The molecule has 3 heteroatoms. The minimum absolute atomic E-state index is 0.100. The summed E-state index contributed by atoms with van der Waals surface area (Å²) in [5.74, 6) is 0.215. The lowest BCUT2D eigenvalue weighted by atomic mass is 10.0. The number of carbonyl (C=O) groups is 1. The Morgan fingerprint density at radius 1 is 1.09 bits per heavy atom. The van der Waals surface area contributed by atoms with E-state index in [1.54, 1.807) is 6.07 Å². The maximum atomic E-state index is 12.4. The third-order valence-electron chi connectivity index (χ3n) is 3.80. The lowest BCUT2D eigenvalue weighted by molar-refractivity contribution is 0.0910. The number of fused-ring (bicyclic) bond motifs is 1. The van der Waals surface area contributed by atoms with Crippen LogP contribution in [-0.4, -0.2) is 11.9 Å². The van der Waals surface area contributed by atoms with Crippen molar-refractivity contribution in [3.8, 4) is 0 Å². The molecule has 3 aromatic rings. The lowest BCUT2D eigenvalue weighted by Gasteiger charge is -2.16. The molecule has 0 aliphatic heterocycles. The third kappa shape index (κ3) is 3.19. The molecule has 0 saturated carbocycles. The number of benzene rings is 2. The molecule has 1 heterocycles. The zero-order chi connectivity index (χ0) is 15.4. The molecule has 1 N–H and O–H groups in total. The van der Waals surface area contributed by atoms with E-state index >= 15 is 0 Å². The first-order valence-electron chi connectivity index (χ1n) is 7.59. The fourth-order valence-electron chi connectivity index (χ4n) is 2.55. The molecule has 0 aliphatic rings. The second kappa shape index (κ2) is 6.48. The molecule has 0 unspecified atom stereocenters. The highest BCUT2D eigenvalue weighted by molar-refractivity contribution is 5.96. The zero-order valence-electron chi connectivity index (χ0n) is 12.6. The first-order valence-corrected chi connectivity index (χ1v) is 7.59. The van der Waals surface area contributed by atoms with Crippen LogP contribution in [0, 0.1) is 0 Å². The summed E-state index contributed by atoms with van der Waals surface area (Å²) < 4.78 is 5.61. The SMILES string of the molecule is CC[C@@H](Cc1ccccc1)NC(=O)c1cc2ccccc2o1. The summed E-state index contributed by atoms with van der Waals surface area (Å²) in [6, 6.07) is 19.7. The molecule has 0 fully saturated rings. The van der Waals surface area contributed by atoms with Crippen molar-refractivity contribution in [2.24, 2.45) is 0 Å². The Balaban J connectivity index is 1.71. The first-order chi connectivity index (χ1) is 10.8. The quantitative estimate of drug-likeness (QED) is 0.766. The van der Waals surface area contributed by atoms with Gasteiger partial charge < -0.3 is 9.73 Å². The van der Waals surface area contributed by atoms with Gasteiger partial charge in [0.05, 0.1) is 0 Å². The fraction of sp³-hybridized carbons (Fsp3) is 0.211. The molecule has 112 valence electrons. The van der Waals surface area contributed by atoms with Gasteiger partial charge in [-0.3, -0.25) is 4.79 Å². The topological polar surface area (TPSA) is 42.2 Å². The third-order valence-corrected chi connectivity index (χ3v) is 3.80. The van der Waals surface area contributed by atoms with Gasteiger partial charge in [-0.05, 0) is 30.5 Å². The predicted octanol–water partition coefficient (Wildman–Crippen LogP) is 4.18. The molecule has 3 nitrogen and oxygen atoms in total. The number of para-hydroxylation sites is 1. The Morgan fingerprint density at radius 2 is 1.82 bits per heavy atom. The summed E-state index contributed by atoms with van der Waals surface area (Å²) in [6.07, 6.45) is 1.70. The molecule has 2 aromatic carbocycles. The van der Waals surface area contributed by atoms with E-state index in [9.17, 15) is 4.79 Å². The Labute approximate surface area is 130 Å². The molecule has 0 radical (unpaired) electrons. The van der Waals surface area contributed by atoms with Gasteiger partial charge in [0.1, 0.15) is 5.58 Å². The molecule has 0 spiro atoms. The van der Waals surface area contributed by atoms with Crippen LogP contribution in [0.1, 0.15) is 29.5 Å². The van der Waals surface area contributed by atoms with E-state index in [0.29, 0.717) is 5.76 Å². The minimum Gasteiger partial charge on any atom is -0.451 e. The average molecular weight is 293 g/mol. The van der Waals surface area contributed by atoms with E-state index in [1.807, 2.05) is 42.5 Å². The van der Waals surface area contributed by atoms with Gasteiger partial charge in [0.2, 0.25) is 0 Å². The van der Waals surface area contributed by atoms with Crippen LogP contribution < -0.4 is 5.32 Å². The van der Waals surface area contributed by atoms with Gasteiger partial charge in [0.15, 0.2) is 5.76 Å². The number of hydrogen-bond acceptors (Lipinski definition) is 2. The van der Waals surface area contributed by atoms with Crippen molar-refractivity contribution in [1.29, 1.82) is 0 Å². The number of carbonyl (C=O) groups excluding carboxylic acids is 1. The van der Waals surface area contributed by atoms with Crippen LogP contribution in [0.25, 0.3) is 11.0 Å².